The van der Waals surface area contributed by atoms with Crippen molar-refractivity contribution in [3.8, 4) is 17.2 Å². The average molecular weight is 381 g/mol. The van der Waals surface area contributed by atoms with Crippen molar-refractivity contribution in [2.45, 2.75) is 50.7 Å². The number of nitrogens with two attached hydrogens (primary N) is 1. The zero-order valence-electron chi connectivity index (χ0n) is 16.4. The first-order valence-corrected chi connectivity index (χ1v) is 9.90. The molecule has 1 aliphatic rings. The Kier molecular flexibility index (Phi) is 5.50. The lowest BCUT2D eigenvalue weighted by Gasteiger charge is -2.33. The zero-order chi connectivity index (χ0) is 19.5. The number of hydrogen-bond acceptors (Lipinski definition) is 6. The number of aromatic nitrogens is 6. The van der Waals surface area contributed by atoms with Crippen LogP contribution in [0.25, 0.3) is 17.2 Å². The molecule has 28 heavy (non-hydrogen) atoms. The van der Waals surface area contributed by atoms with Crippen molar-refractivity contribution < 1.29 is 4.74 Å². The Morgan fingerprint density at radius 1 is 1.29 bits per heavy atom. The minimum Gasteiger partial charge on any atom is -0.377 e. The predicted octanol–water partition coefficient (Wildman–Crippen LogP) is 2.45. The number of hydrogen-bond donors (Lipinski definition) is 1. The van der Waals surface area contributed by atoms with Gasteiger partial charge in [0.15, 0.2) is 5.82 Å². The molecule has 1 saturated carbocycles. The van der Waals surface area contributed by atoms with Gasteiger partial charge in [0.2, 0.25) is 0 Å². The highest BCUT2D eigenvalue weighted by molar-refractivity contribution is 5.49. The summed E-state index contributed by atoms with van der Waals surface area (Å²) in [6, 6.07) is 5.84. The van der Waals surface area contributed by atoms with E-state index in [1.165, 1.54) is 0 Å². The quantitative estimate of drug-likeness (QED) is 0.704. The summed E-state index contributed by atoms with van der Waals surface area (Å²) in [5, 5.41) is 9.06. The molecular formula is C20H27N7O. The maximum absolute atomic E-state index is 6.32. The van der Waals surface area contributed by atoms with E-state index >= 15 is 0 Å². The van der Waals surface area contributed by atoms with E-state index in [2.05, 4.69) is 17.0 Å². The highest BCUT2D eigenvalue weighted by atomic mass is 16.5. The summed E-state index contributed by atoms with van der Waals surface area (Å²) < 4.78 is 9.69. The lowest BCUT2D eigenvalue weighted by atomic mass is 9.83. The highest BCUT2D eigenvalue weighted by Crippen LogP contribution is 2.34. The summed E-state index contributed by atoms with van der Waals surface area (Å²) in [5.74, 6) is 1.78. The lowest BCUT2D eigenvalue weighted by molar-refractivity contribution is 0.00884. The second-order valence-electron chi connectivity index (χ2n) is 7.38. The summed E-state index contributed by atoms with van der Waals surface area (Å²) in [6.45, 7) is 2.85. The van der Waals surface area contributed by atoms with E-state index in [1.54, 1.807) is 17.1 Å². The van der Waals surface area contributed by atoms with Crippen molar-refractivity contribution in [1.82, 2.24) is 29.5 Å². The van der Waals surface area contributed by atoms with Crippen LogP contribution in [0.3, 0.4) is 0 Å². The van der Waals surface area contributed by atoms with Crippen LogP contribution in [0, 0.1) is 0 Å². The fourth-order valence-corrected chi connectivity index (χ4v) is 3.75. The minimum atomic E-state index is 0.0519. The molecule has 3 aromatic rings. The van der Waals surface area contributed by atoms with E-state index in [1.807, 2.05) is 36.1 Å². The van der Waals surface area contributed by atoms with E-state index in [0.717, 1.165) is 49.5 Å². The molecular weight excluding hydrogens is 354 g/mol. The number of rotatable bonds is 6. The summed E-state index contributed by atoms with van der Waals surface area (Å²) in [7, 11) is 1.90. The lowest BCUT2D eigenvalue weighted by Crippen LogP contribution is -2.42. The molecule has 0 radical (unpaired) electrons. The molecule has 0 aromatic carbocycles. The summed E-state index contributed by atoms with van der Waals surface area (Å²) in [4.78, 5) is 9.30. The van der Waals surface area contributed by atoms with Crippen LogP contribution in [0.15, 0.2) is 36.8 Å². The maximum Gasteiger partial charge on any atom is 0.200 e. The van der Waals surface area contributed by atoms with Gasteiger partial charge in [-0.15, -0.1) is 5.10 Å². The van der Waals surface area contributed by atoms with Gasteiger partial charge in [-0.3, -0.25) is 9.67 Å². The Hall–Kier alpha value is -2.58. The van der Waals surface area contributed by atoms with Gasteiger partial charge in [-0.25, -0.2) is 9.67 Å². The van der Waals surface area contributed by atoms with Gasteiger partial charge in [-0.2, -0.15) is 5.10 Å². The van der Waals surface area contributed by atoms with Crippen LogP contribution in [-0.2, 0) is 11.8 Å². The van der Waals surface area contributed by atoms with Crippen LogP contribution in [0.2, 0.25) is 0 Å². The van der Waals surface area contributed by atoms with Gasteiger partial charge >= 0.3 is 0 Å². The second-order valence-corrected chi connectivity index (χ2v) is 7.38. The van der Waals surface area contributed by atoms with Crippen molar-refractivity contribution in [1.29, 1.82) is 0 Å². The molecule has 3 aromatic heterocycles. The largest absolute Gasteiger partial charge is 0.377 e. The third-order valence-electron chi connectivity index (χ3n) is 5.21. The standard InChI is InChI=1S/C20H27N7O/c1-3-10-28-18-11-14(7-8-16(18)21)20-24-19(17-6-4-5-9-22-17)25-27(20)15-12-23-26(2)13-15/h4-6,9,12-14,16,18H,3,7-8,10-11,21H2,1-2H3/t14-,16-,18-/m0/s1. The van der Waals surface area contributed by atoms with Crippen molar-refractivity contribution in [3.05, 3.63) is 42.6 Å². The number of aryl methyl sites for hydroxylation is 1. The van der Waals surface area contributed by atoms with Crippen molar-refractivity contribution in [2.75, 3.05) is 6.61 Å². The number of pyridine rings is 1. The molecule has 3 atom stereocenters. The maximum atomic E-state index is 6.32. The van der Waals surface area contributed by atoms with Gasteiger partial charge in [0.1, 0.15) is 17.2 Å². The van der Waals surface area contributed by atoms with Crippen LogP contribution >= 0.6 is 0 Å². The molecule has 3 heterocycles. The van der Waals surface area contributed by atoms with E-state index < -0.39 is 0 Å². The van der Waals surface area contributed by atoms with Gasteiger partial charge in [-0.05, 0) is 37.8 Å². The fraction of sp³-hybridized carbons (Fsp3) is 0.500. The Morgan fingerprint density at radius 3 is 2.89 bits per heavy atom. The smallest absolute Gasteiger partial charge is 0.200 e. The van der Waals surface area contributed by atoms with Crippen LogP contribution in [0.1, 0.15) is 44.3 Å². The molecule has 2 N–H and O–H groups in total. The van der Waals surface area contributed by atoms with Crippen LogP contribution in [0.4, 0.5) is 0 Å². The third kappa shape index (κ3) is 3.83. The first-order chi connectivity index (χ1) is 13.7. The normalized spacial score (nSPS) is 22.5. The van der Waals surface area contributed by atoms with Gasteiger partial charge < -0.3 is 10.5 Å². The summed E-state index contributed by atoms with van der Waals surface area (Å²) in [5.41, 5.74) is 7.98. The first-order valence-electron chi connectivity index (χ1n) is 9.90. The molecule has 0 spiro atoms. The molecule has 1 fully saturated rings. The zero-order valence-corrected chi connectivity index (χ0v) is 16.4. The summed E-state index contributed by atoms with van der Waals surface area (Å²) >= 11 is 0. The van der Waals surface area contributed by atoms with Gasteiger partial charge in [0.25, 0.3) is 0 Å². The number of nitrogens with zero attached hydrogens (tertiary/aromatic N) is 6. The van der Waals surface area contributed by atoms with E-state index in [0.29, 0.717) is 5.82 Å². The topological polar surface area (TPSA) is 96.7 Å². The van der Waals surface area contributed by atoms with Crippen LogP contribution in [0.5, 0.6) is 0 Å². The molecule has 1 aliphatic carbocycles. The monoisotopic (exact) mass is 381 g/mol. The molecule has 0 unspecified atom stereocenters. The Balaban J connectivity index is 1.69. The minimum absolute atomic E-state index is 0.0519. The summed E-state index contributed by atoms with van der Waals surface area (Å²) in [6.07, 6.45) is 9.28. The SMILES string of the molecule is CCCO[C@H]1C[C@@H](c2nc(-c3ccccn3)nn2-c2cnn(C)c2)CC[C@@H]1N. The van der Waals surface area contributed by atoms with Crippen molar-refractivity contribution in [2.24, 2.45) is 12.8 Å². The van der Waals surface area contributed by atoms with Gasteiger partial charge in [-0.1, -0.05) is 13.0 Å². The van der Waals surface area contributed by atoms with Crippen molar-refractivity contribution in [3.63, 3.8) is 0 Å². The molecule has 0 saturated heterocycles. The predicted molar refractivity (Wildman–Crippen MR) is 106 cm³/mol. The third-order valence-corrected chi connectivity index (χ3v) is 5.21. The molecule has 8 heteroatoms. The number of ether oxygens (including phenoxy) is 1. The van der Waals surface area contributed by atoms with Gasteiger partial charge in [0, 0.05) is 31.8 Å². The van der Waals surface area contributed by atoms with E-state index in [9.17, 15) is 0 Å². The fourth-order valence-electron chi connectivity index (χ4n) is 3.75. The molecule has 148 valence electrons. The molecule has 8 nitrogen and oxygen atoms in total. The van der Waals surface area contributed by atoms with Crippen LogP contribution in [-0.4, -0.2) is 48.3 Å². The van der Waals surface area contributed by atoms with Crippen LogP contribution < -0.4 is 5.73 Å². The molecule has 4 rings (SSSR count). The van der Waals surface area contributed by atoms with E-state index in [4.69, 9.17) is 20.6 Å². The molecule has 0 amide bonds. The highest BCUT2D eigenvalue weighted by Gasteiger charge is 2.33. The first kappa shape index (κ1) is 18.8. The Bertz CT molecular complexity index is 904. The van der Waals surface area contributed by atoms with Gasteiger partial charge in [0.05, 0.1) is 18.5 Å². The molecule has 0 aliphatic heterocycles. The Labute approximate surface area is 164 Å². The average Bonchev–Trinajstić information content (AvgIpc) is 3.34. The van der Waals surface area contributed by atoms with E-state index in [-0.39, 0.29) is 18.1 Å². The second kappa shape index (κ2) is 8.20. The molecule has 0 bridgehead atoms. The Morgan fingerprint density at radius 2 is 2.18 bits per heavy atom. The van der Waals surface area contributed by atoms with Crippen molar-refractivity contribution >= 4 is 0 Å².